The second-order valence-corrected chi connectivity index (χ2v) is 9.82. The number of amides is 1. The van der Waals surface area contributed by atoms with Crippen LogP contribution in [-0.2, 0) is 21.4 Å². The summed E-state index contributed by atoms with van der Waals surface area (Å²) < 4.78 is 33.1. The average Bonchev–Trinajstić information content (AvgIpc) is 2.70. The van der Waals surface area contributed by atoms with Gasteiger partial charge in [-0.2, -0.15) is 4.31 Å². The number of carbonyl (C=O) groups is 1. The van der Waals surface area contributed by atoms with Crippen molar-refractivity contribution < 1.29 is 17.9 Å². The van der Waals surface area contributed by atoms with Gasteiger partial charge in [0.15, 0.2) is 0 Å². The summed E-state index contributed by atoms with van der Waals surface area (Å²) in [5, 5.41) is 0.434. The van der Waals surface area contributed by atoms with Crippen molar-refractivity contribution in [3.63, 3.8) is 0 Å². The van der Waals surface area contributed by atoms with Gasteiger partial charge in [0.1, 0.15) is 6.61 Å². The van der Waals surface area contributed by atoms with E-state index in [2.05, 4.69) is 0 Å². The van der Waals surface area contributed by atoms with Gasteiger partial charge in [-0.15, -0.1) is 0 Å². The molecule has 0 atom stereocenters. The van der Waals surface area contributed by atoms with E-state index in [1.807, 2.05) is 25.1 Å². The minimum atomic E-state index is -3.64. The van der Waals surface area contributed by atoms with Crippen molar-refractivity contribution in [3.8, 4) is 0 Å². The summed E-state index contributed by atoms with van der Waals surface area (Å²) in [4.78, 5) is 14.5. The normalized spacial score (nSPS) is 18.4. The van der Waals surface area contributed by atoms with Crippen LogP contribution in [0.25, 0.3) is 0 Å². The lowest BCUT2D eigenvalue weighted by atomic mass is 10.00. The molecule has 0 radical (unpaired) electrons. The van der Waals surface area contributed by atoms with E-state index in [9.17, 15) is 13.2 Å². The predicted molar refractivity (Wildman–Crippen MR) is 112 cm³/mol. The first-order chi connectivity index (χ1) is 13.8. The van der Waals surface area contributed by atoms with E-state index in [0.29, 0.717) is 36.5 Å². The molecule has 1 amide bonds. The Hall–Kier alpha value is -2.09. The van der Waals surface area contributed by atoms with Crippen molar-refractivity contribution in [2.24, 2.45) is 0 Å². The van der Waals surface area contributed by atoms with E-state index in [4.69, 9.17) is 16.3 Å². The number of rotatable bonds is 3. The summed E-state index contributed by atoms with van der Waals surface area (Å²) in [6.45, 7) is 4.64. The third-order valence-corrected chi connectivity index (χ3v) is 8.19. The maximum atomic E-state index is 13.1. The summed E-state index contributed by atoms with van der Waals surface area (Å²) in [6, 6.07) is 10.7. The van der Waals surface area contributed by atoms with E-state index in [1.54, 1.807) is 30.0 Å². The molecule has 0 aliphatic carbocycles. The molecule has 1 saturated heterocycles. The molecule has 2 aromatic rings. The molecule has 0 spiro atoms. The van der Waals surface area contributed by atoms with Gasteiger partial charge in [-0.25, -0.2) is 13.2 Å². The number of sulfonamides is 1. The first kappa shape index (κ1) is 20.2. The number of nitrogens with zero attached hydrogens (tertiary/aromatic N) is 2. The van der Waals surface area contributed by atoms with Gasteiger partial charge in [-0.1, -0.05) is 35.9 Å². The number of halogens is 1. The van der Waals surface area contributed by atoms with Crippen molar-refractivity contribution in [2.45, 2.75) is 44.2 Å². The minimum absolute atomic E-state index is 0.102. The van der Waals surface area contributed by atoms with Crippen LogP contribution in [0, 0.1) is 13.8 Å². The Balaban J connectivity index is 1.56. The molecule has 8 heteroatoms. The van der Waals surface area contributed by atoms with E-state index < -0.39 is 10.0 Å². The number of benzene rings is 2. The van der Waals surface area contributed by atoms with Gasteiger partial charge >= 0.3 is 6.09 Å². The average molecular weight is 435 g/mol. The van der Waals surface area contributed by atoms with Gasteiger partial charge in [-0.3, -0.25) is 4.90 Å². The smallest absolute Gasteiger partial charge is 0.414 e. The van der Waals surface area contributed by atoms with E-state index >= 15 is 0 Å². The predicted octanol–water partition coefficient (Wildman–Crippen LogP) is 4.27. The summed E-state index contributed by atoms with van der Waals surface area (Å²) in [7, 11) is -3.64. The molecule has 2 aliphatic heterocycles. The van der Waals surface area contributed by atoms with Crippen LogP contribution in [0.2, 0.25) is 5.02 Å². The van der Waals surface area contributed by atoms with Crippen molar-refractivity contribution in [1.29, 1.82) is 0 Å². The number of piperidine rings is 1. The quantitative estimate of drug-likeness (QED) is 0.723. The zero-order chi connectivity index (χ0) is 20.8. The fourth-order valence-electron chi connectivity index (χ4n) is 4.16. The molecular weight excluding hydrogens is 412 g/mol. The Morgan fingerprint density at radius 3 is 2.48 bits per heavy atom. The Kier molecular flexibility index (Phi) is 5.31. The molecule has 0 saturated carbocycles. The van der Waals surface area contributed by atoms with Gasteiger partial charge in [0, 0.05) is 29.7 Å². The fraction of sp³-hybridized carbons (Fsp3) is 0.381. The summed E-state index contributed by atoms with van der Waals surface area (Å²) in [5.74, 6) is 0. The zero-order valence-electron chi connectivity index (χ0n) is 16.4. The van der Waals surface area contributed by atoms with Crippen LogP contribution >= 0.6 is 11.6 Å². The lowest BCUT2D eigenvalue weighted by molar-refractivity contribution is 0.135. The monoisotopic (exact) mass is 434 g/mol. The second-order valence-electron chi connectivity index (χ2n) is 7.51. The highest BCUT2D eigenvalue weighted by molar-refractivity contribution is 7.89. The van der Waals surface area contributed by atoms with Gasteiger partial charge < -0.3 is 4.74 Å². The lowest BCUT2D eigenvalue weighted by Gasteiger charge is -2.40. The first-order valence-electron chi connectivity index (χ1n) is 9.60. The number of fused-ring (bicyclic) bond motifs is 1. The van der Waals surface area contributed by atoms with Crippen LogP contribution in [0.3, 0.4) is 0 Å². The maximum Gasteiger partial charge on any atom is 0.414 e. The Morgan fingerprint density at radius 1 is 1.07 bits per heavy atom. The van der Waals surface area contributed by atoms with Crippen LogP contribution in [0.1, 0.15) is 29.5 Å². The molecule has 2 heterocycles. The van der Waals surface area contributed by atoms with Crippen LogP contribution in [0.15, 0.2) is 41.3 Å². The number of cyclic esters (lactones) is 1. The van der Waals surface area contributed by atoms with Crippen LogP contribution in [-0.4, -0.2) is 37.9 Å². The number of anilines is 1. The van der Waals surface area contributed by atoms with Crippen molar-refractivity contribution in [1.82, 2.24) is 4.31 Å². The van der Waals surface area contributed by atoms with Crippen molar-refractivity contribution in [2.75, 3.05) is 18.0 Å². The number of carbonyl (C=O) groups excluding carboxylic acids is 1. The van der Waals surface area contributed by atoms with Crippen LogP contribution in [0.5, 0.6) is 0 Å². The molecule has 29 heavy (non-hydrogen) atoms. The maximum absolute atomic E-state index is 13.1. The zero-order valence-corrected chi connectivity index (χ0v) is 18.0. The molecule has 0 N–H and O–H groups in total. The van der Waals surface area contributed by atoms with E-state index in [1.165, 1.54) is 4.31 Å². The largest absolute Gasteiger partial charge is 0.444 e. The number of aryl methyl sites for hydroxylation is 1. The molecule has 1 fully saturated rings. The van der Waals surface area contributed by atoms with Crippen molar-refractivity contribution in [3.05, 3.63) is 58.1 Å². The summed E-state index contributed by atoms with van der Waals surface area (Å²) in [6.07, 6.45) is 0.725. The molecule has 0 aromatic heterocycles. The van der Waals surface area contributed by atoms with Gasteiger partial charge in [0.25, 0.3) is 0 Å². The molecule has 2 aliphatic rings. The fourth-order valence-corrected chi connectivity index (χ4v) is 6.11. The summed E-state index contributed by atoms with van der Waals surface area (Å²) in [5.41, 5.74) is 3.45. The second kappa shape index (κ2) is 7.63. The standard InChI is InChI=1S/C21H23ClN2O4S/c1-14-5-3-6-16-13-28-21(25)24(20(14)16)17-9-11-23(12-10-17)29(26,27)19-8-4-7-18(22)15(19)2/h3-8,17H,9-13H2,1-2H3. The van der Waals surface area contributed by atoms with Gasteiger partial charge in [0.05, 0.1) is 10.6 Å². The Morgan fingerprint density at radius 2 is 1.76 bits per heavy atom. The highest BCUT2D eigenvalue weighted by Crippen LogP contribution is 2.35. The molecule has 0 bridgehead atoms. The Bertz CT molecular complexity index is 1060. The van der Waals surface area contributed by atoms with E-state index in [-0.39, 0.29) is 23.6 Å². The molecule has 4 rings (SSSR count). The van der Waals surface area contributed by atoms with Crippen molar-refractivity contribution >= 4 is 33.4 Å². The number of para-hydroxylation sites is 1. The Labute approximate surface area is 176 Å². The highest BCUT2D eigenvalue weighted by Gasteiger charge is 2.38. The number of ether oxygens (including phenoxy) is 1. The third-order valence-electron chi connectivity index (χ3n) is 5.73. The topological polar surface area (TPSA) is 66.9 Å². The lowest BCUT2D eigenvalue weighted by Crippen LogP contribution is -2.50. The SMILES string of the molecule is Cc1cccc2c1N(C1CCN(S(=O)(=O)c3cccc(Cl)c3C)CC1)C(=O)OC2. The molecular formula is C21H23ClN2O4S. The highest BCUT2D eigenvalue weighted by atomic mass is 35.5. The third kappa shape index (κ3) is 3.52. The number of hydrogen-bond donors (Lipinski definition) is 0. The minimum Gasteiger partial charge on any atom is -0.444 e. The summed E-state index contributed by atoms with van der Waals surface area (Å²) >= 11 is 6.12. The molecule has 2 aromatic carbocycles. The molecule has 6 nitrogen and oxygen atoms in total. The van der Waals surface area contributed by atoms with Gasteiger partial charge in [0.2, 0.25) is 10.0 Å². The number of hydrogen-bond acceptors (Lipinski definition) is 4. The molecule has 0 unspecified atom stereocenters. The van der Waals surface area contributed by atoms with Crippen LogP contribution < -0.4 is 4.90 Å². The van der Waals surface area contributed by atoms with E-state index in [0.717, 1.165) is 16.8 Å². The first-order valence-corrected chi connectivity index (χ1v) is 11.4. The van der Waals surface area contributed by atoms with Gasteiger partial charge in [-0.05, 0) is 49.9 Å². The van der Waals surface area contributed by atoms with Crippen LogP contribution in [0.4, 0.5) is 10.5 Å². The molecule has 154 valence electrons.